The summed E-state index contributed by atoms with van der Waals surface area (Å²) in [5.74, 6) is 0.726. The first-order valence-corrected chi connectivity index (χ1v) is 4.75. The predicted octanol–water partition coefficient (Wildman–Crippen LogP) is 1.44. The zero-order chi connectivity index (χ0) is 8.67. The van der Waals surface area contributed by atoms with Crippen LogP contribution < -0.4 is 5.32 Å². The Morgan fingerprint density at radius 3 is 3.31 bits per heavy atom. The fourth-order valence-electron chi connectivity index (χ4n) is 2.33. The lowest BCUT2D eigenvalue weighted by Gasteiger charge is -2.17. The number of nitrogens with one attached hydrogen (secondary N) is 1. The van der Waals surface area contributed by atoms with Crippen molar-refractivity contribution < 1.29 is 4.52 Å². The zero-order valence-corrected chi connectivity index (χ0v) is 7.36. The molecule has 2 unspecified atom stereocenters. The van der Waals surface area contributed by atoms with Crippen LogP contribution in [-0.4, -0.2) is 17.7 Å². The van der Waals surface area contributed by atoms with E-state index in [2.05, 4.69) is 16.5 Å². The van der Waals surface area contributed by atoms with Crippen molar-refractivity contribution in [2.24, 2.45) is 5.92 Å². The summed E-state index contributed by atoms with van der Waals surface area (Å²) in [4.78, 5) is 0. The molecule has 2 aliphatic rings. The molecule has 68 valence electrons. The Morgan fingerprint density at radius 2 is 2.54 bits per heavy atom. The van der Waals surface area contributed by atoms with E-state index >= 15 is 0 Å². The minimum atomic E-state index is 0.680. The molecule has 3 heteroatoms. The first kappa shape index (κ1) is 7.33. The highest BCUT2D eigenvalue weighted by atomic mass is 16.5. The van der Waals surface area contributed by atoms with Gasteiger partial charge in [0.05, 0.1) is 6.20 Å². The number of nitrogens with zero attached hydrogens (tertiary/aromatic N) is 1. The van der Waals surface area contributed by atoms with Gasteiger partial charge < -0.3 is 9.84 Å². The van der Waals surface area contributed by atoms with Gasteiger partial charge in [0.25, 0.3) is 0 Å². The molecule has 1 aliphatic heterocycles. The Kier molecular flexibility index (Phi) is 1.52. The van der Waals surface area contributed by atoms with Gasteiger partial charge in [-0.25, -0.2) is 0 Å². The third-order valence-electron chi connectivity index (χ3n) is 2.96. The van der Waals surface area contributed by atoms with Crippen LogP contribution in [0, 0.1) is 5.92 Å². The maximum atomic E-state index is 4.85. The van der Waals surface area contributed by atoms with Crippen LogP contribution in [-0.2, 0) is 0 Å². The fraction of sp³-hybridized carbons (Fsp3) is 0.500. The lowest BCUT2D eigenvalue weighted by Crippen LogP contribution is -2.20. The maximum Gasteiger partial charge on any atom is 0.131 e. The lowest BCUT2D eigenvalue weighted by atomic mass is 9.89. The molecule has 1 aromatic heterocycles. The van der Waals surface area contributed by atoms with Gasteiger partial charge in [0.2, 0.25) is 0 Å². The number of hydrogen-bond acceptors (Lipinski definition) is 3. The Balaban J connectivity index is 1.93. The van der Waals surface area contributed by atoms with Crippen molar-refractivity contribution in [3.05, 3.63) is 24.1 Å². The van der Waals surface area contributed by atoms with E-state index in [0.717, 1.165) is 24.4 Å². The van der Waals surface area contributed by atoms with Crippen molar-refractivity contribution in [2.45, 2.75) is 18.9 Å². The molecular weight excluding hydrogens is 164 g/mol. The Morgan fingerprint density at radius 1 is 1.54 bits per heavy atom. The van der Waals surface area contributed by atoms with Crippen LogP contribution in [0.25, 0.3) is 5.57 Å². The van der Waals surface area contributed by atoms with Gasteiger partial charge in [0.15, 0.2) is 0 Å². The van der Waals surface area contributed by atoms with E-state index in [9.17, 15) is 0 Å². The molecule has 2 bridgehead atoms. The molecule has 1 fully saturated rings. The summed E-state index contributed by atoms with van der Waals surface area (Å²) >= 11 is 0. The molecule has 1 N–H and O–H groups in total. The van der Waals surface area contributed by atoms with Crippen molar-refractivity contribution in [1.82, 2.24) is 10.5 Å². The first-order chi connectivity index (χ1) is 6.42. The Labute approximate surface area is 76.8 Å². The quantitative estimate of drug-likeness (QED) is 0.703. The molecule has 0 amide bonds. The molecule has 1 saturated heterocycles. The predicted molar refractivity (Wildman–Crippen MR) is 49.0 cm³/mol. The van der Waals surface area contributed by atoms with E-state index in [1.165, 1.54) is 12.0 Å². The van der Waals surface area contributed by atoms with Gasteiger partial charge in [0, 0.05) is 18.2 Å². The fourth-order valence-corrected chi connectivity index (χ4v) is 2.33. The Hall–Kier alpha value is -1.09. The van der Waals surface area contributed by atoms with E-state index in [0.29, 0.717) is 6.04 Å². The van der Waals surface area contributed by atoms with E-state index in [1.807, 2.05) is 0 Å². The third-order valence-corrected chi connectivity index (χ3v) is 2.96. The van der Waals surface area contributed by atoms with E-state index in [4.69, 9.17) is 4.52 Å². The molecule has 2 atom stereocenters. The zero-order valence-electron chi connectivity index (χ0n) is 7.36. The van der Waals surface area contributed by atoms with Crippen LogP contribution in [0.2, 0.25) is 0 Å². The summed E-state index contributed by atoms with van der Waals surface area (Å²) in [7, 11) is 0. The molecule has 0 radical (unpaired) electrons. The minimum absolute atomic E-state index is 0.680. The second-order valence-corrected chi connectivity index (χ2v) is 3.91. The molecule has 2 heterocycles. The molecule has 13 heavy (non-hydrogen) atoms. The second-order valence-electron chi connectivity index (χ2n) is 3.91. The van der Waals surface area contributed by atoms with Gasteiger partial charge in [-0.3, -0.25) is 0 Å². The number of hydrogen-bond donors (Lipinski definition) is 1. The summed E-state index contributed by atoms with van der Waals surface area (Å²) < 4.78 is 4.85. The Bertz CT molecular complexity index is 329. The molecule has 0 aromatic carbocycles. The van der Waals surface area contributed by atoms with E-state index in [1.54, 1.807) is 12.5 Å². The molecule has 3 nitrogen and oxygen atoms in total. The van der Waals surface area contributed by atoms with Crippen LogP contribution in [0.15, 0.2) is 23.1 Å². The van der Waals surface area contributed by atoms with Crippen LogP contribution >= 0.6 is 0 Å². The summed E-state index contributed by atoms with van der Waals surface area (Å²) in [5.41, 5.74) is 2.55. The average Bonchev–Trinajstić information content (AvgIpc) is 2.75. The molecule has 0 saturated carbocycles. The lowest BCUT2D eigenvalue weighted by molar-refractivity contribution is 0.419. The number of fused-ring (bicyclic) bond motifs is 2. The minimum Gasteiger partial charge on any atom is -0.364 e. The smallest absolute Gasteiger partial charge is 0.131 e. The van der Waals surface area contributed by atoms with Gasteiger partial charge in [-0.15, -0.1) is 0 Å². The highest BCUT2D eigenvalue weighted by Crippen LogP contribution is 2.33. The van der Waals surface area contributed by atoms with Crippen molar-refractivity contribution in [3.8, 4) is 0 Å². The van der Waals surface area contributed by atoms with Crippen LogP contribution in [0.1, 0.15) is 18.4 Å². The molecule has 3 rings (SSSR count). The number of rotatable bonds is 1. The van der Waals surface area contributed by atoms with Crippen LogP contribution in [0.3, 0.4) is 0 Å². The third kappa shape index (κ3) is 1.20. The highest BCUT2D eigenvalue weighted by Gasteiger charge is 2.28. The number of aromatic nitrogens is 1. The summed E-state index contributed by atoms with van der Waals surface area (Å²) in [6.07, 6.45) is 8.32. The van der Waals surface area contributed by atoms with Crippen molar-refractivity contribution in [3.63, 3.8) is 0 Å². The van der Waals surface area contributed by atoms with Gasteiger partial charge in [-0.1, -0.05) is 11.2 Å². The SMILES string of the molecule is C1=C(c2cnoc2)CC2CC1CN2. The average molecular weight is 176 g/mol. The maximum absolute atomic E-state index is 4.85. The molecule has 0 spiro atoms. The van der Waals surface area contributed by atoms with Gasteiger partial charge in [-0.2, -0.15) is 0 Å². The van der Waals surface area contributed by atoms with Gasteiger partial charge in [0.1, 0.15) is 6.26 Å². The topological polar surface area (TPSA) is 38.1 Å². The first-order valence-electron chi connectivity index (χ1n) is 4.75. The van der Waals surface area contributed by atoms with Crippen molar-refractivity contribution >= 4 is 5.57 Å². The molecular formula is C10H12N2O. The molecule has 1 aliphatic carbocycles. The van der Waals surface area contributed by atoms with Crippen molar-refractivity contribution in [1.29, 1.82) is 0 Å². The summed E-state index contributed by atoms with van der Waals surface area (Å²) in [6.45, 7) is 1.14. The van der Waals surface area contributed by atoms with E-state index in [-0.39, 0.29) is 0 Å². The summed E-state index contributed by atoms with van der Waals surface area (Å²) in [6, 6.07) is 0.680. The van der Waals surface area contributed by atoms with Crippen LogP contribution in [0.4, 0.5) is 0 Å². The van der Waals surface area contributed by atoms with Gasteiger partial charge >= 0.3 is 0 Å². The highest BCUT2D eigenvalue weighted by molar-refractivity contribution is 5.66. The van der Waals surface area contributed by atoms with Crippen molar-refractivity contribution in [2.75, 3.05) is 6.54 Å². The second kappa shape index (κ2) is 2.70. The van der Waals surface area contributed by atoms with Gasteiger partial charge in [-0.05, 0) is 24.3 Å². The normalized spacial score (nSPS) is 31.8. The molecule has 1 aromatic rings. The monoisotopic (exact) mass is 176 g/mol. The standard InChI is InChI=1S/C10H12N2O/c1-7-2-10(11-4-7)3-8(1)9-5-12-13-6-9/h1,5-7,10-11H,2-4H2. The van der Waals surface area contributed by atoms with E-state index < -0.39 is 0 Å². The summed E-state index contributed by atoms with van der Waals surface area (Å²) in [5, 5.41) is 7.24. The largest absolute Gasteiger partial charge is 0.364 e. The van der Waals surface area contributed by atoms with Crippen LogP contribution in [0.5, 0.6) is 0 Å².